The molecule has 158 valence electrons. The van der Waals surface area contributed by atoms with Crippen LogP contribution in [0, 0.1) is 0 Å². The Kier molecular flexibility index (Phi) is 10.3. The Morgan fingerprint density at radius 3 is 2.46 bits per heavy atom. The Balaban J connectivity index is 0.00000280. The molecule has 1 saturated heterocycles. The molecule has 1 aromatic rings. The molecule has 3 N–H and O–H groups in total. The molecule has 0 amide bonds. The number of guanidine groups is 1. The lowest BCUT2D eigenvalue weighted by Gasteiger charge is -2.27. The summed E-state index contributed by atoms with van der Waals surface area (Å²) in [5.74, 6) is 1.95. The smallest absolute Gasteiger partial charge is 0.191 e. The second-order valence-corrected chi connectivity index (χ2v) is 7.77. The van der Waals surface area contributed by atoms with E-state index < -0.39 is 0 Å². The van der Waals surface area contributed by atoms with Crippen molar-refractivity contribution in [1.29, 1.82) is 0 Å². The molecular formula is C21H36IN5O. The molecule has 7 heteroatoms. The fourth-order valence-corrected chi connectivity index (χ4v) is 3.90. The van der Waals surface area contributed by atoms with E-state index in [0.29, 0.717) is 12.6 Å². The molecule has 2 heterocycles. The van der Waals surface area contributed by atoms with E-state index in [-0.39, 0.29) is 30.1 Å². The molecule has 0 spiro atoms. The SMILES string of the molecule is CCNC(=NCc1ccc(N2CCCCCC2)nc1)NC1CCC(O)CC1.I. The van der Waals surface area contributed by atoms with Crippen molar-refractivity contribution >= 4 is 35.8 Å². The van der Waals surface area contributed by atoms with E-state index in [1.807, 2.05) is 6.20 Å². The number of nitrogens with one attached hydrogen (secondary N) is 2. The normalized spacial score (nSPS) is 23.5. The van der Waals surface area contributed by atoms with Crippen LogP contribution in [0.3, 0.4) is 0 Å². The Morgan fingerprint density at radius 2 is 1.86 bits per heavy atom. The van der Waals surface area contributed by atoms with Gasteiger partial charge in [-0.3, -0.25) is 0 Å². The van der Waals surface area contributed by atoms with Gasteiger partial charge in [-0.25, -0.2) is 9.98 Å². The number of aromatic nitrogens is 1. The topological polar surface area (TPSA) is 72.8 Å². The molecule has 0 aromatic carbocycles. The molecule has 0 bridgehead atoms. The molecule has 2 aliphatic rings. The van der Waals surface area contributed by atoms with Crippen LogP contribution in [0.25, 0.3) is 0 Å². The molecule has 0 radical (unpaired) electrons. The van der Waals surface area contributed by atoms with Gasteiger partial charge in [-0.2, -0.15) is 0 Å². The predicted octanol–water partition coefficient (Wildman–Crippen LogP) is 3.44. The molecule has 0 atom stereocenters. The van der Waals surface area contributed by atoms with E-state index >= 15 is 0 Å². The maximum atomic E-state index is 9.66. The molecule has 1 saturated carbocycles. The first-order chi connectivity index (χ1) is 13.2. The van der Waals surface area contributed by atoms with E-state index in [4.69, 9.17) is 4.99 Å². The first kappa shape index (κ1) is 23.2. The molecule has 28 heavy (non-hydrogen) atoms. The van der Waals surface area contributed by atoms with Crippen LogP contribution in [-0.2, 0) is 6.54 Å². The van der Waals surface area contributed by atoms with Crippen molar-refractivity contribution in [2.24, 2.45) is 4.99 Å². The van der Waals surface area contributed by atoms with Gasteiger partial charge in [0.2, 0.25) is 0 Å². The number of rotatable bonds is 5. The minimum absolute atomic E-state index is 0. The maximum Gasteiger partial charge on any atom is 0.191 e. The zero-order valence-corrected chi connectivity index (χ0v) is 19.4. The summed E-state index contributed by atoms with van der Waals surface area (Å²) in [4.78, 5) is 11.8. The number of aliphatic imine (C=N–C) groups is 1. The summed E-state index contributed by atoms with van der Waals surface area (Å²) in [5.41, 5.74) is 1.13. The van der Waals surface area contributed by atoms with E-state index in [1.54, 1.807) is 0 Å². The lowest BCUT2D eigenvalue weighted by molar-refractivity contribution is 0.120. The number of anilines is 1. The Morgan fingerprint density at radius 1 is 1.14 bits per heavy atom. The van der Waals surface area contributed by atoms with E-state index in [0.717, 1.165) is 62.7 Å². The summed E-state index contributed by atoms with van der Waals surface area (Å²) in [7, 11) is 0. The molecule has 1 aliphatic heterocycles. The van der Waals surface area contributed by atoms with Crippen molar-refractivity contribution in [3.05, 3.63) is 23.9 Å². The third-order valence-corrected chi connectivity index (χ3v) is 5.54. The quantitative estimate of drug-likeness (QED) is 0.328. The van der Waals surface area contributed by atoms with Crippen LogP contribution in [0.5, 0.6) is 0 Å². The Bertz CT molecular complexity index is 579. The van der Waals surface area contributed by atoms with Crippen LogP contribution in [0.15, 0.2) is 23.3 Å². The average molecular weight is 501 g/mol. The number of hydrogen-bond acceptors (Lipinski definition) is 4. The van der Waals surface area contributed by atoms with Crippen LogP contribution in [0.1, 0.15) is 63.9 Å². The van der Waals surface area contributed by atoms with Gasteiger partial charge in [0.05, 0.1) is 12.6 Å². The van der Waals surface area contributed by atoms with E-state index in [2.05, 4.69) is 39.6 Å². The minimum atomic E-state index is -0.128. The number of aliphatic hydroxyl groups is 1. The van der Waals surface area contributed by atoms with Gasteiger partial charge in [0.25, 0.3) is 0 Å². The van der Waals surface area contributed by atoms with Crippen molar-refractivity contribution < 1.29 is 5.11 Å². The highest BCUT2D eigenvalue weighted by atomic mass is 127. The lowest BCUT2D eigenvalue weighted by atomic mass is 9.93. The van der Waals surface area contributed by atoms with Crippen LogP contribution in [0.4, 0.5) is 5.82 Å². The van der Waals surface area contributed by atoms with Gasteiger partial charge in [-0.1, -0.05) is 18.9 Å². The monoisotopic (exact) mass is 501 g/mol. The lowest BCUT2D eigenvalue weighted by Crippen LogP contribution is -2.45. The first-order valence-corrected chi connectivity index (χ1v) is 10.7. The highest BCUT2D eigenvalue weighted by molar-refractivity contribution is 14.0. The third-order valence-electron chi connectivity index (χ3n) is 5.54. The van der Waals surface area contributed by atoms with Crippen molar-refractivity contribution in [2.45, 2.75) is 77.0 Å². The zero-order chi connectivity index (χ0) is 18.9. The average Bonchev–Trinajstić information content (AvgIpc) is 2.98. The van der Waals surface area contributed by atoms with Gasteiger partial charge >= 0.3 is 0 Å². The Hall–Kier alpha value is -1.09. The number of nitrogens with zero attached hydrogens (tertiary/aromatic N) is 3. The summed E-state index contributed by atoms with van der Waals surface area (Å²) in [6, 6.07) is 4.69. The fourth-order valence-electron chi connectivity index (χ4n) is 3.90. The zero-order valence-electron chi connectivity index (χ0n) is 17.1. The standard InChI is InChI=1S/C21H35N5O.HI/c1-2-22-21(25-18-8-10-19(27)11-9-18)24-16-17-7-12-20(23-15-17)26-13-5-3-4-6-14-26;/h7,12,15,18-19,27H,2-6,8-11,13-14,16H2,1H3,(H2,22,24,25);1H. The Labute approximate surface area is 186 Å². The van der Waals surface area contributed by atoms with Gasteiger partial charge in [0.1, 0.15) is 5.82 Å². The van der Waals surface area contributed by atoms with Crippen molar-refractivity contribution in [3.63, 3.8) is 0 Å². The summed E-state index contributed by atoms with van der Waals surface area (Å²) >= 11 is 0. The van der Waals surface area contributed by atoms with E-state index in [1.165, 1.54) is 25.7 Å². The van der Waals surface area contributed by atoms with Crippen LogP contribution >= 0.6 is 24.0 Å². The molecule has 0 unspecified atom stereocenters. The summed E-state index contributed by atoms with van der Waals surface area (Å²) in [6.07, 6.45) is 10.8. The van der Waals surface area contributed by atoms with Gasteiger partial charge in [0.15, 0.2) is 5.96 Å². The van der Waals surface area contributed by atoms with Crippen molar-refractivity contribution in [3.8, 4) is 0 Å². The highest BCUT2D eigenvalue weighted by Crippen LogP contribution is 2.19. The van der Waals surface area contributed by atoms with Crippen LogP contribution in [0.2, 0.25) is 0 Å². The summed E-state index contributed by atoms with van der Waals surface area (Å²) in [6.45, 7) is 5.79. The molecular weight excluding hydrogens is 465 g/mol. The fraction of sp³-hybridized carbons (Fsp3) is 0.714. The van der Waals surface area contributed by atoms with Gasteiger partial charge in [-0.15, -0.1) is 24.0 Å². The second-order valence-electron chi connectivity index (χ2n) is 7.77. The highest BCUT2D eigenvalue weighted by Gasteiger charge is 2.20. The van der Waals surface area contributed by atoms with Gasteiger partial charge in [0, 0.05) is 31.9 Å². The van der Waals surface area contributed by atoms with E-state index in [9.17, 15) is 5.11 Å². The summed E-state index contributed by atoms with van der Waals surface area (Å²) < 4.78 is 0. The van der Waals surface area contributed by atoms with Crippen LogP contribution < -0.4 is 15.5 Å². The number of pyridine rings is 1. The second kappa shape index (κ2) is 12.5. The summed E-state index contributed by atoms with van der Waals surface area (Å²) in [5, 5.41) is 16.5. The van der Waals surface area contributed by atoms with Gasteiger partial charge < -0.3 is 20.6 Å². The first-order valence-electron chi connectivity index (χ1n) is 10.7. The maximum absolute atomic E-state index is 9.66. The van der Waals surface area contributed by atoms with Crippen molar-refractivity contribution in [1.82, 2.24) is 15.6 Å². The minimum Gasteiger partial charge on any atom is -0.393 e. The van der Waals surface area contributed by atoms with Gasteiger partial charge in [-0.05, 0) is 57.1 Å². The molecule has 3 rings (SSSR count). The molecule has 2 fully saturated rings. The van der Waals surface area contributed by atoms with Crippen LogP contribution in [-0.4, -0.2) is 47.8 Å². The molecule has 6 nitrogen and oxygen atoms in total. The number of aliphatic hydroxyl groups excluding tert-OH is 1. The third kappa shape index (κ3) is 7.39. The molecule has 1 aromatic heterocycles. The largest absolute Gasteiger partial charge is 0.393 e. The van der Waals surface area contributed by atoms with Crippen molar-refractivity contribution in [2.75, 3.05) is 24.5 Å². The number of hydrogen-bond donors (Lipinski definition) is 3. The predicted molar refractivity (Wildman–Crippen MR) is 127 cm³/mol. The molecule has 1 aliphatic carbocycles. The number of halogens is 1.